The van der Waals surface area contributed by atoms with Crippen LogP contribution in [-0.2, 0) is 9.53 Å². The van der Waals surface area contributed by atoms with Crippen LogP contribution in [0, 0.1) is 16.7 Å². The molecule has 1 amide bonds. The molecule has 4 nitrogen and oxygen atoms in total. The van der Waals surface area contributed by atoms with Crippen LogP contribution < -0.4 is 5.32 Å². The summed E-state index contributed by atoms with van der Waals surface area (Å²) < 4.78 is 5.34. The first-order chi connectivity index (χ1) is 10.9. The van der Waals surface area contributed by atoms with Gasteiger partial charge in [0.25, 0.3) is 0 Å². The van der Waals surface area contributed by atoms with Crippen LogP contribution in [0.2, 0.25) is 0 Å². The predicted octanol–water partition coefficient (Wildman–Crippen LogP) is 3.09. The zero-order chi connectivity index (χ0) is 17.1. The molecule has 2 saturated carbocycles. The van der Waals surface area contributed by atoms with E-state index in [9.17, 15) is 4.79 Å². The highest BCUT2D eigenvalue weighted by molar-refractivity contribution is 14.1. The number of rotatable bonds is 4. The van der Waals surface area contributed by atoms with Gasteiger partial charge in [-0.15, -0.1) is 0 Å². The minimum Gasteiger partial charge on any atom is -0.379 e. The molecule has 23 heavy (non-hydrogen) atoms. The summed E-state index contributed by atoms with van der Waals surface area (Å²) in [5, 5.41) is 3.33. The fraction of sp³-hybridized carbons (Fsp3) is 0.944. The summed E-state index contributed by atoms with van der Waals surface area (Å²) in [7, 11) is 0. The fourth-order valence-electron chi connectivity index (χ4n) is 4.92. The van der Waals surface area contributed by atoms with E-state index in [0.29, 0.717) is 23.3 Å². The summed E-state index contributed by atoms with van der Waals surface area (Å²) in [6.07, 6.45) is 4.33. The van der Waals surface area contributed by atoms with Crippen LogP contribution in [0.5, 0.6) is 0 Å². The Morgan fingerprint density at radius 3 is 2.43 bits per heavy atom. The molecule has 3 fully saturated rings. The zero-order valence-electron chi connectivity index (χ0n) is 15.2. The van der Waals surface area contributed by atoms with E-state index in [1.54, 1.807) is 0 Å². The maximum absolute atomic E-state index is 12.3. The number of carbonyl (C=O) groups is 1. The van der Waals surface area contributed by atoms with Gasteiger partial charge in [0.05, 0.1) is 13.2 Å². The molecule has 134 valence electrons. The first-order valence-electron chi connectivity index (χ1n) is 8.86. The second kappa shape index (κ2) is 8.00. The normalized spacial score (nSPS) is 35.5. The fourth-order valence-corrected chi connectivity index (χ4v) is 4.92. The molecule has 1 heterocycles. The second-order valence-corrected chi connectivity index (χ2v) is 8.28. The number of fused-ring (bicyclic) bond motifs is 2. The van der Waals surface area contributed by atoms with Crippen molar-refractivity contribution in [1.29, 1.82) is 0 Å². The molecule has 0 spiro atoms. The van der Waals surface area contributed by atoms with Crippen LogP contribution in [0.4, 0.5) is 0 Å². The Labute approximate surface area is 155 Å². The molecule has 3 rings (SSSR count). The summed E-state index contributed by atoms with van der Waals surface area (Å²) in [5.41, 5.74) is 0.784. The lowest BCUT2D eigenvalue weighted by Crippen LogP contribution is -2.47. The largest absolute Gasteiger partial charge is 0.379 e. The lowest BCUT2D eigenvalue weighted by Gasteiger charge is -2.39. The van der Waals surface area contributed by atoms with E-state index >= 15 is 0 Å². The molecule has 0 aromatic rings. The van der Waals surface area contributed by atoms with Gasteiger partial charge in [0, 0.05) is 32.1 Å². The highest BCUT2D eigenvalue weighted by Crippen LogP contribution is 2.62. The molecule has 3 aliphatic rings. The SMILES string of the molecule is CC1(C)CC2(C)CC1CC2NC(=O)CCN1CCOCC1.CI. The van der Waals surface area contributed by atoms with Gasteiger partial charge in [0.15, 0.2) is 0 Å². The molecule has 2 aliphatic carbocycles. The van der Waals surface area contributed by atoms with Crippen LogP contribution >= 0.6 is 22.6 Å². The van der Waals surface area contributed by atoms with Gasteiger partial charge in [-0.3, -0.25) is 9.69 Å². The Bertz CT molecular complexity index is 410. The van der Waals surface area contributed by atoms with E-state index in [0.717, 1.165) is 38.8 Å². The van der Waals surface area contributed by atoms with Crippen molar-refractivity contribution in [2.45, 2.75) is 52.5 Å². The van der Waals surface area contributed by atoms with Crippen molar-refractivity contribution < 1.29 is 9.53 Å². The quantitative estimate of drug-likeness (QED) is 0.544. The lowest BCUT2D eigenvalue weighted by molar-refractivity contribution is -0.123. The molecule has 1 saturated heterocycles. The summed E-state index contributed by atoms with van der Waals surface area (Å²) in [6.45, 7) is 11.6. The monoisotopic (exact) mass is 436 g/mol. The van der Waals surface area contributed by atoms with Gasteiger partial charge in [-0.2, -0.15) is 0 Å². The number of nitrogens with zero attached hydrogens (tertiary/aromatic N) is 1. The number of alkyl halides is 1. The third-order valence-electron chi connectivity index (χ3n) is 6.13. The summed E-state index contributed by atoms with van der Waals surface area (Å²) >= 11 is 2.15. The molecule has 0 radical (unpaired) electrons. The number of halogens is 1. The summed E-state index contributed by atoms with van der Waals surface area (Å²) in [5.74, 6) is 1.02. The van der Waals surface area contributed by atoms with Crippen molar-refractivity contribution in [1.82, 2.24) is 10.2 Å². The Kier molecular flexibility index (Phi) is 6.76. The number of ether oxygens (including phenoxy) is 1. The van der Waals surface area contributed by atoms with Gasteiger partial charge in [0.2, 0.25) is 5.91 Å². The van der Waals surface area contributed by atoms with Gasteiger partial charge in [0.1, 0.15) is 0 Å². The second-order valence-electron chi connectivity index (χ2n) is 8.28. The van der Waals surface area contributed by atoms with Gasteiger partial charge in [-0.05, 0) is 40.9 Å². The summed E-state index contributed by atoms with van der Waals surface area (Å²) in [6, 6.07) is 0.396. The van der Waals surface area contributed by atoms with Gasteiger partial charge in [-0.1, -0.05) is 43.4 Å². The Hall–Kier alpha value is 0.120. The third-order valence-corrected chi connectivity index (χ3v) is 6.13. The van der Waals surface area contributed by atoms with E-state index in [-0.39, 0.29) is 5.91 Å². The molecule has 3 atom stereocenters. The molecule has 0 aromatic carbocycles. The van der Waals surface area contributed by atoms with E-state index < -0.39 is 0 Å². The van der Waals surface area contributed by atoms with Crippen LogP contribution in [-0.4, -0.2) is 54.6 Å². The number of carbonyl (C=O) groups excluding carboxylic acids is 1. The van der Waals surface area contributed by atoms with E-state index in [4.69, 9.17) is 4.74 Å². The average Bonchev–Trinajstić information content (AvgIpc) is 2.96. The lowest BCUT2D eigenvalue weighted by atomic mass is 9.70. The van der Waals surface area contributed by atoms with Crippen molar-refractivity contribution in [3.05, 3.63) is 0 Å². The van der Waals surface area contributed by atoms with E-state index in [1.807, 2.05) is 4.93 Å². The van der Waals surface area contributed by atoms with Crippen molar-refractivity contribution in [3.63, 3.8) is 0 Å². The maximum atomic E-state index is 12.3. The first-order valence-corrected chi connectivity index (χ1v) is 11.0. The number of hydrogen-bond acceptors (Lipinski definition) is 3. The Balaban J connectivity index is 0.000000924. The van der Waals surface area contributed by atoms with Crippen molar-refractivity contribution in [2.24, 2.45) is 16.7 Å². The molecular formula is C18H33IN2O2. The van der Waals surface area contributed by atoms with Gasteiger partial charge < -0.3 is 10.1 Å². The zero-order valence-corrected chi connectivity index (χ0v) is 17.3. The third kappa shape index (κ3) is 4.60. The number of nitrogens with one attached hydrogen (secondary N) is 1. The minimum absolute atomic E-state index is 0.234. The first kappa shape index (κ1) is 19.4. The molecule has 0 aromatic heterocycles. The summed E-state index contributed by atoms with van der Waals surface area (Å²) in [4.78, 5) is 16.6. The minimum atomic E-state index is 0.234. The Morgan fingerprint density at radius 2 is 1.91 bits per heavy atom. The van der Waals surface area contributed by atoms with Crippen LogP contribution in [0.15, 0.2) is 0 Å². The molecular weight excluding hydrogens is 403 g/mol. The average molecular weight is 436 g/mol. The topological polar surface area (TPSA) is 41.6 Å². The number of amides is 1. The van der Waals surface area contributed by atoms with E-state index in [2.05, 4.69) is 53.6 Å². The molecule has 5 heteroatoms. The number of morpholine rings is 1. The molecule has 2 bridgehead atoms. The van der Waals surface area contributed by atoms with Crippen molar-refractivity contribution >= 4 is 28.5 Å². The molecule has 3 unspecified atom stereocenters. The maximum Gasteiger partial charge on any atom is 0.221 e. The Morgan fingerprint density at radius 1 is 1.26 bits per heavy atom. The van der Waals surface area contributed by atoms with Crippen LogP contribution in [0.1, 0.15) is 46.5 Å². The molecule has 1 aliphatic heterocycles. The molecule has 1 N–H and O–H groups in total. The van der Waals surface area contributed by atoms with E-state index in [1.165, 1.54) is 19.3 Å². The van der Waals surface area contributed by atoms with Crippen LogP contribution in [0.25, 0.3) is 0 Å². The predicted molar refractivity (Wildman–Crippen MR) is 103 cm³/mol. The smallest absolute Gasteiger partial charge is 0.221 e. The standard InChI is InChI=1S/C17H30N2O2.CH3I/c1-16(2)12-17(3)11-13(16)10-14(17)18-15(20)4-5-19-6-8-21-9-7-19;1-2/h13-14H,4-12H2,1-3H3,(H,18,20);1H3. The van der Waals surface area contributed by atoms with Gasteiger partial charge in [-0.25, -0.2) is 0 Å². The van der Waals surface area contributed by atoms with Crippen LogP contribution in [0.3, 0.4) is 0 Å². The number of hydrogen-bond donors (Lipinski definition) is 1. The highest BCUT2D eigenvalue weighted by Gasteiger charge is 2.57. The van der Waals surface area contributed by atoms with Crippen molar-refractivity contribution in [3.8, 4) is 0 Å². The van der Waals surface area contributed by atoms with Crippen molar-refractivity contribution in [2.75, 3.05) is 37.8 Å². The van der Waals surface area contributed by atoms with Gasteiger partial charge >= 0.3 is 0 Å². The highest BCUT2D eigenvalue weighted by atomic mass is 127.